The molecule has 17 heavy (non-hydrogen) atoms. The fourth-order valence-corrected chi connectivity index (χ4v) is 1.21. The highest BCUT2D eigenvalue weighted by Gasteiger charge is 2.05. The Morgan fingerprint density at radius 3 is 2.76 bits per heavy atom. The molecule has 0 fully saturated rings. The summed E-state index contributed by atoms with van der Waals surface area (Å²) in [7, 11) is 1.59. The third kappa shape index (κ3) is 3.57. The Bertz CT molecular complexity index is 472. The molecule has 0 saturated carbocycles. The van der Waals surface area contributed by atoms with E-state index in [-0.39, 0.29) is 5.17 Å². The molecular weight excluding hydrogens is 242 g/mol. The van der Waals surface area contributed by atoms with Crippen molar-refractivity contribution < 1.29 is 9.53 Å². The molecule has 0 aliphatic carbocycles. The molecule has 90 valence electrons. The predicted octanol–water partition coefficient (Wildman–Crippen LogP) is 2.20. The normalized spacial score (nSPS) is 10.9. The van der Waals surface area contributed by atoms with Crippen molar-refractivity contribution in [1.82, 2.24) is 0 Å². The average Bonchev–Trinajstić information content (AvgIpc) is 2.35. The van der Waals surface area contributed by atoms with Crippen LogP contribution in [0, 0.1) is 6.92 Å². The van der Waals surface area contributed by atoms with Crippen LogP contribution in [-0.4, -0.2) is 24.9 Å². The maximum absolute atomic E-state index is 11.0. The predicted molar refractivity (Wildman–Crippen MR) is 69.2 cm³/mol. The van der Waals surface area contributed by atoms with Crippen molar-refractivity contribution in [3.8, 4) is 5.75 Å². The Kier molecular flexibility index (Phi) is 4.66. The first-order valence-corrected chi connectivity index (χ1v) is 5.11. The minimum absolute atomic E-state index is 0.268. The maximum Gasteiger partial charge on any atom is 0.308 e. The minimum atomic E-state index is -0.676. The Balaban J connectivity index is 2.82. The number of methoxy groups -OCH3 is 1. The molecule has 0 bridgehead atoms. The molecule has 1 amide bonds. The van der Waals surface area contributed by atoms with Gasteiger partial charge in [-0.3, -0.25) is 10.2 Å². The molecule has 0 aliphatic heterocycles. The summed E-state index contributed by atoms with van der Waals surface area (Å²) in [6.45, 7) is 4.94. The quantitative estimate of drug-likeness (QED) is 0.661. The van der Waals surface area contributed by atoms with E-state index >= 15 is 0 Å². The van der Waals surface area contributed by atoms with E-state index in [1.807, 2.05) is 13.0 Å². The van der Waals surface area contributed by atoms with E-state index < -0.39 is 5.91 Å². The minimum Gasteiger partial charge on any atom is -0.497 e. The Labute approximate surface area is 104 Å². The van der Waals surface area contributed by atoms with E-state index in [4.69, 9.17) is 16.3 Å². The highest BCUT2D eigenvalue weighted by molar-refractivity contribution is 6.83. The van der Waals surface area contributed by atoms with Gasteiger partial charge in [-0.15, -0.1) is 0 Å². The molecule has 0 spiro atoms. The number of carbonyl (C=O) groups excluding carboxylic acids is 1. The number of benzene rings is 1. The van der Waals surface area contributed by atoms with Gasteiger partial charge in [-0.25, -0.2) is 4.99 Å². The van der Waals surface area contributed by atoms with Gasteiger partial charge >= 0.3 is 5.91 Å². The number of anilines is 1. The molecule has 6 heteroatoms. The zero-order chi connectivity index (χ0) is 12.8. The van der Waals surface area contributed by atoms with Crippen molar-refractivity contribution in [3.05, 3.63) is 23.8 Å². The molecule has 0 atom stereocenters. The maximum atomic E-state index is 11.0. The molecule has 1 aromatic carbocycles. The fourth-order valence-electron chi connectivity index (χ4n) is 1.11. The second kappa shape index (κ2) is 6.00. The summed E-state index contributed by atoms with van der Waals surface area (Å²) in [6.07, 6.45) is 0. The van der Waals surface area contributed by atoms with E-state index in [9.17, 15) is 4.79 Å². The Hall–Kier alpha value is -1.88. The fraction of sp³-hybridized carbons (Fsp3) is 0.182. The Morgan fingerprint density at radius 1 is 1.53 bits per heavy atom. The van der Waals surface area contributed by atoms with Crippen LogP contribution in [0.4, 0.5) is 5.69 Å². The van der Waals surface area contributed by atoms with Crippen molar-refractivity contribution in [2.75, 3.05) is 12.5 Å². The molecule has 0 aromatic heterocycles. The van der Waals surface area contributed by atoms with Crippen molar-refractivity contribution >= 4 is 35.1 Å². The largest absolute Gasteiger partial charge is 0.497 e. The third-order valence-corrected chi connectivity index (χ3v) is 2.27. The number of aryl methyl sites for hydroxylation is 1. The SMILES string of the molecule is C=NC(=O)/C(Cl)=N\Nc1ccc(OC)cc1C. The molecule has 0 radical (unpaired) electrons. The van der Waals surface area contributed by atoms with Gasteiger partial charge in [0.25, 0.3) is 0 Å². The molecular formula is C11H12ClN3O2. The van der Waals surface area contributed by atoms with Crippen LogP contribution in [0.2, 0.25) is 0 Å². The number of hydrogen-bond donors (Lipinski definition) is 1. The highest BCUT2D eigenvalue weighted by Crippen LogP contribution is 2.20. The lowest BCUT2D eigenvalue weighted by Crippen LogP contribution is -2.06. The summed E-state index contributed by atoms with van der Waals surface area (Å²) < 4.78 is 5.06. The van der Waals surface area contributed by atoms with E-state index in [1.165, 1.54) is 0 Å². The summed E-state index contributed by atoms with van der Waals surface area (Å²) in [5.41, 5.74) is 4.31. The van der Waals surface area contributed by atoms with Gasteiger partial charge in [-0.2, -0.15) is 5.10 Å². The molecule has 1 aromatic rings. The second-order valence-corrected chi connectivity index (χ2v) is 3.52. The van der Waals surface area contributed by atoms with Crippen LogP contribution < -0.4 is 10.2 Å². The smallest absolute Gasteiger partial charge is 0.308 e. The average molecular weight is 254 g/mol. The topological polar surface area (TPSA) is 63.0 Å². The number of aliphatic imine (C=N–C) groups is 1. The number of nitrogens with zero attached hydrogens (tertiary/aromatic N) is 2. The van der Waals surface area contributed by atoms with Gasteiger partial charge in [0.2, 0.25) is 5.17 Å². The van der Waals surface area contributed by atoms with Crippen LogP contribution in [0.15, 0.2) is 28.3 Å². The molecule has 0 heterocycles. The van der Waals surface area contributed by atoms with Crippen LogP contribution in [0.3, 0.4) is 0 Å². The number of halogens is 1. The van der Waals surface area contributed by atoms with E-state index in [0.29, 0.717) is 0 Å². The van der Waals surface area contributed by atoms with Gasteiger partial charge in [0.1, 0.15) is 5.75 Å². The van der Waals surface area contributed by atoms with Gasteiger partial charge in [-0.05, 0) is 37.4 Å². The summed E-state index contributed by atoms with van der Waals surface area (Å²) in [4.78, 5) is 14.1. The van der Waals surface area contributed by atoms with E-state index in [0.717, 1.165) is 17.0 Å². The lowest BCUT2D eigenvalue weighted by molar-refractivity contribution is -0.111. The van der Waals surface area contributed by atoms with E-state index in [1.54, 1.807) is 19.2 Å². The van der Waals surface area contributed by atoms with Gasteiger partial charge in [-0.1, -0.05) is 11.6 Å². The number of amides is 1. The van der Waals surface area contributed by atoms with Gasteiger partial charge in [0, 0.05) is 0 Å². The van der Waals surface area contributed by atoms with Crippen LogP contribution in [0.5, 0.6) is 5.75 Å². The zero-order valence-corrected chi connectivity index (χ0v) is 10.3. The molecule has 1 N–H and O–H groups in total. The number of nitrogens with one attached hydrogen (secondary N) is 1. The molecule has 0 saturated heterocycles. The van der Waals surface area contributed by atoms with Crippen molar-refractivity contribution in [1.29, 1.82) is 0 Å². The molecule has 1 rings (SSSR count). The number of carbonyl (C=O) groups is 1. The summed E-state index contributed by atoms with van der Waals surface area (Å²) >= 11 is 5.57. The summed E-state index contributed by atoms with van der Waals surface area (Å²) in [6, 6.07) is 5.37. The number of rotatable bonds is 4. The van der Waals surface area contributed by atoms with Crippen molar-refractivity contribution in [3.63, 3.8) is 0 Å². The Morgan fingerprint density at radius 2 is 2.24 bits per heavy atom. The van der Waals surface area contributed by atoms with Gasteiger partial charge in [0.05, 0.1) is 12.8 Å². The monoisotopic (exact) mass is 253 g/mol. The number of hydrogen-bond acceptors (Lipinski definition) is 4. The number of ether oxygens (including phenoxy) is 1. The van der Waals surface area contributed by atoms with Crippen LogP contribution in [0.1, 0.15) is 5.56 Å². The lowest BCUT2D eigenvalue weighted by atomic mass is 10.2. The second-order valence-electron chi connectivity index (χ2n) is 3.16. The molecule has 5 nitrogen and oxygen atoms in total. The highest BCUT2D eigenvalue weighted by atomic mass is 35.5. The van der Waals surface area contributed by atoms with Crippen molar-refractivity contribution in [2.45, 2.75) is 6.92 Å². The summed E-state index contributed by atoms with van der Waals surface area (Å²) in [5, 5.41) is 3.42. The third-order valence-electron chi connectivity index (χ3n) is 2.03. The first-order chi connectivity index (χ1) is 8.08. The molecule has 0 aliphatic rings. The van der Waals surface area contributed by atoms with Crippen LogP contribution in [-0.2, 0) is 4.79 Å². The number of hydrazone groups is 1. The van der Waals surface area contributed by atoms with Crippen molar-refractivity contribution in [2.24, 2.45) is 10.1 Å². The standard InChI is InChI=1S/C11H12ClN3O2/c1-7-6-8(17-3)4-5-9(7)14-15-10(12)11(16)13-2/h4-6,14H,2H2,1,3H3/b15-10+. The van der Waals surface area contributed by atoms with Crippen LogP contribution in [0.25, 0.3) is 0 Å². The van der Waals surface area contributed by atoms with Gasteiger partial charge < -0.3 is 4.74 Å². The van der Waals surface area contributed by atoms with Crippen LogP contribution >= 0.6 is 11.6 Å². The van der Waals surface area contributed by atoms with E-state index in [2.05, 4.69) is 22.2 Å². The lowest BCUT2D eigenvalue weighted by Gasteiger charge is -2.07. The zero-order valence-electron chi connectivity index (χ0n) is 9.53. The summed E-state index contributed by atoms with van der Waals surface area (Å²) in [5.74, 6) is 0.0669. The first kappa shape index (κ1) is 13.2. The molecule has 0 unspecified atom stereocenters. The first-order valence-electron chi connectivity index (χ1n) is 4.73. The van der Waals surface area contributed by atoms with Gasteiger partial charge in [0.15, 0.2) is 0 Å².